The number of amides is 2. The van der Waals surface area contributed by atoms with Crippen LogP contribution >= 0.6 is 22.9 Å². The Hall–Kier alpha value is -3.42. The predicted molar refractivity (Wildman–Crippen MR) is 197 cm³/mol. The Labute approximate surface area is 299 Å². The number of pyridine rings is 2. The first-order chi connectivity index (χ1) is 22.4. The Morgan fingerprint density at radius 1 is 0.918 bits per heavy atom. The molecule has 13 heteroatoms. The monoisotopic (exact) mass is 728 g/mol. The molecule has 2 N–H and O–H groups in total. The standard InChI is InChI=1S/C36H45ClN4O6S2/c1-33(2,3)46-31(42)41(32(43)47-34(4,5)6)27-16-15-24(37)28(39-27)29(40-49(45)35(7,8)9)26-19-21-13-12-14-23(30(21)48-26)25-20-22(17-18-38-25)36(10,11)44/h12-20,29,40,44H,1-11H3/t29-,49+/m1/s1. The van der Waals surface area contributed by atoms with E-state index in [-0.39, 0.29) is 16.5 Å². The summed E-state index contributed by atoms with van der Waals surface area (Å²) in [5.74, 6) is -0.0781. The number of nitrogens with zero attached hydrogens (tertiary/aromatic N) is 3. The van der Waals surface area contributed by atoms with Crippen molar-refractivity contribution in [3.63, 3.8) is 0 Å². The lowest BCUT2D eigenvalue weighted by Crippen LogP contribution is -2.44. The number of fused-ring (bicyclic) bond motifs is 1. The van der Waals surface area contributed by atoms with Gasteiger partial charge in [-0.05, 0) is 117 Å². The van der Waals surface area contributed by atoms with Crippen LogP contribution < -0.4 is 9.62 Å². The van der Waals surface area contributed by atoms with Crippen molar-refractivity contribution in [1.29, 1.82) is 0 Å². The second-order valence-corrected chi connectivity index (χ2v) is 18.6. The highest BCUT2D eigenvalue weighted by Crippen LogP contribution is 2.41. The van der Waals surface area contributed by atoms with Gasteiger partial charge >= 0.3 is 12.2 Å². The van der Waals surface area contributed by atoms with Crippen molar-refractivity contribution in [1.82, 2.24) is 14.7 Å². The molecule has 2 atom stereocenters. The first kappa shape index (κ1) is 38.4. The molecular formula is C36H45ClN4O6S2. The summed E-state index contributed by atoms with van der Waals surface area (Å²) in [6.07, 6.45) is -0.279. The van der Waals surface area contributed by atoms with Crippen molar-refractivity contribution >= 4 is 62.0 Å². The number of nitrogens with one attached hydrogen (secondary N) is 1. The molecular weight excluding hydrogens is 684 g/mol. The highest BCUT2D eigenvalue weighted by Gasteiger charge is 2.35. The van der Waals surface area contributed by atoms with Gasteiger partial charge in [0, 0.05) is 21.3 Å². The molecule has 0 aliphatic heterocycles. The normalized spacial score (nSPS) is 14.0. The summed E-state index contributed by atoms with van der Waals surface area (Å²) in [6, 6.07) is 13.6. The van der Waals surface area contributed by atoms with Crippen LogP contribution in [0, 0.1) is 0 Å². The zero-order chi connectivity index (χ0) is 36.7. The quantitative estimate of drug-likeness (QED) is 0.193. The predicted octanol–water partition coefficient (Wildman–Crippen LogP) is 9.06. The molecule has 0 fully saturated rings. The molecule has 2 amide bonds. The molecule has 0 saturated heterocycles. The van der Waals surface area contributed by atoms with Crippen LogP contribution in [0.1, 0.15) is 98.3 Å². The van der Waals surface area contributed by atoms with Crippen molar-refractivity contribution in [3.8, 4) is 11.3 Å². The van der Waals surface area contributed by atoms with Crippen LogP contribution in [0.4, 0.5) is 15.4 Å². The molecule has 10 nitrogen and oxygen atoms in total. The lowest BCUT2D eigenvalue weighted by atomic mass is 9.97. The fourth-order valence-corrected chi connectivity index (χ4v) is 6.90. The van der Waals surface area contributed by atoms with E-state index in [0.29, 0.717) is 5.69 Å². The van der Waals surface area contributed by atoms with Crippen molar-refractivity contribution < 1.29 is 28.4 Å². The molecule has 0 saturated carbocycles. The summed E-state index contributed by atoms with van der Waals surface area (Å²) in [6.45, 7) is 19.1. The van der Waals surface area contributed by atoms with Gasteiger partial charge in [0.15, 0.2) is 0 Å². The van der Waals surface area contributed by atoms with E-state index in [1.165, 1.54) is 23.5 Å². The average Bonchev–Trinajstić information content (AvgIpc) is 3.38. The highest BCUT2D eigenvalue weighted by molar-refractivity contribution is 7.84. The van der Waals surface area contributed by atoms with Crippen LogP contribution in [-0.2, 0) is 26.1 Å². The van der Waals surface area contributed by atoms with Gasteiger partial charge in [-0.2, -0.15) is 4.90 Å². The number of halogens is 1. The zero-order valence-electron chi connectivity index (χ0n) is 29.8. The molecule has 4 aromatic rings. The molecule has 0 spiro atoms. The van der Waals surface area contributed by atoms with Crippen molar-refractivity contribution in [2.24, 2.45) is 0 Å². The number of carbonyl (C=O) groups excluding carboxylic acids is 2. The highest BCUT2D eigenvalue weighted by atomic mass is 35.5. The maximum atomic E-state index is 13.7. The SMILES string of the molecule is CC(C)(C)OC(=O)N(C(=O)OC(C)(C)C)c1ccc(Cl)c([C@H](N[S@@](=O)C(C)(C)C)c2cc3cccc(-c4cc(C(C)(C)O)ccn4)c3s2)n1. The van der Waals surface area contributed by atoms with E-state index in [1.54, 1.807) is 67.7 Å². The fraction of sp³-hybridized carbons (Fsp3) is 0.444. The number of rotatable bonds is 7. The van der Waals surface area contributed by atoms with Crippen LogP contribution in [0.25, 0.3) is 21.3 Å². The van der Waals surface area contributed by atoms with E-state index >= 15 is 0 Å². The summed E-state index contributed by atoms with van der Waals surface area (Å²) in [7, 11) is -1.59. The fourth-order valence-electron chi connectivity index (χ4n) is 4.57. The number of hydrogen-bond acceptors (Lipinski definition) is 9. The number of hydrogen-bond donors (Lipinski definition) is 2. The van der Waals surface area contributed by atoms with Gasteiger partial charge in [0.25, 0.3) is 0 Å². The Morgan fingerprint density at radius 2 is 1.53 bits per heavy atom. The van der Waals surface area contributed by atoms with E-state index in [1.807, 2.05) is 51.1 Å². The summed E-state index contributed by atoms with van der Waals surface area (Å²) in [5, 5.41) is 11.8. The minimum Gasteiger partial charge on any atom is -0.443 e. The molecule has 264 valence electrons. The molecule has 0 bridgehead atoms. The van der Waals surface area contributed by atoms with E-state index in [0.717, 1.165) is 31.0 Å². The zero-order valence-corrected chi connectivity index (χ0v) is 32.2. The number of thiophene rings is 1. The van der Waals surface area contributed by atoms with Gasteiger partial charge in [0.2, 0.25) is 0 Å². The van der Waals surface area contributed by atoms with Crippen LogP contribution in [0.3, 0.4) is 0 Å². The minimum absolute atomic E-state index is 0.0781. The second kappa shape index (κ2) is 14.1. The number of imide groups is 1. The van der Waals surface area contributed by atoms with Crippen LogP contribution in [0.15, 0.2) is 54.7 Å². The molecule has 1 aromatic carbocycles. The molecule has 3 aromatic heterocycles. The molecule has 0 radical (unpaired) electrons. The number of benzene rings is 1. The first-order valence-electron chi connectivity index (χ1n) is 15.8. The maximum Gasteiger partial charge on any atom is 0.425 e. The van der Waals surface area contributed by atoms with Crippen LogP contribution in [-0.4, -0.2) is 47.4 Å². The van der Waals surface area contributed by atoms with Crippen molar-refractivity contribution in [3.05, 3.63) is 75.9 Å². The first-order valence-corrected chi connectivity index (χ1v) is 18.1. The van der Waals surface area contributed by atoms with Gasteiger partial charge in [-0.1, -0.05) is 29.8 Å². The van der Waals surface area contributed by atoms with Crippen molar-refractivity contribution in [2.75, 3.05) is 4.90 Å². The summed E-state index contributed by atoms with van der Waals surface area (Å²) >= 11 is 8.26. The summed E-state index contributed by atoms with van der Waals surface area (Å²) < 4.78 is 28.3. The van der Waals surface area contributed by atoms with Gasteiger partial charge in [-0.15, -0.1) is 11.3 Å². The molecule has 3 heterocycles. The third kappa shape index (κ3) is 9.64. The second-order valence-electron chi connectivity index (χ2n) is 15.1. The average molecular weight is 729 g/mol. The number of aliphatic hydroxyl groups is 1. The Bertz CT molecular complexity index is 1860. The summed E-state index contributed by atoms with van der Waals surface area (Å²) in [5.41, 5.74) is -0.401. The summed E-state index contributed by atoms with van der Waals surface area (Å²) in [4.78, 5) is 37.7. The Kier molecular flexibility index (Phi) is 11.0. The van der Waals surface area contributed by atoms with Gasteiger partial charge < -0.3 is 14.6 Å². The van der Waals surface area contributed by atoms with Gasteiger partial charge in [0.1, 0.15) is 17.0 Å². The number of carbonyl (C=O) groups is 2. The largest absolute Gasteiger partial charge is 0.443 e. The van der Waals surface area contributed by atoms with Gasteiger partial charge in [-0.3, -0.25) is 4.98 Å². The van der Waals surface area contributed by atoms with Gasteiger partial charge in [-0.25, -0.2) is 23.5 Å². The van der Waals surface area contributed by atoms with Crippen molar-refractivity contribution in [2.45, 2.75) is 104 Å². The third-order valence-corrected chi connectivity index (χ3v) is 10.0. The molecule has 0 aliphatic rings. The molecule has 49 heavy (non-hydrogen) atoms. The number of aromatic nitrogens is 2. The molecule has 0 unspecified atom stereocenters. The van der Waals surface area contributed by atoms with Gasteiger partial charge in [0.05, 0.1) is 43.8 Å². The minimum atomic E-state index is -1.59. The smallest absolute Gasteiger partial charge is 0.425 e. The topological polar surface area (TPSA) is 131 Å². The van der Waals surface area contributed by atoms with E-state index in [2.05, 4.69) is 9.71 Å². The van der Waals surface area contributed by atoms with E-state index in [4.69, 9.17) is 26.1 Å². The molecule has 4 rings (SSSR count). The van der Waals surface area contributed by atoms with E-state index in [9.17, 15) is 18.9 Å². The molecule has 0 aliphatic carbocycles. The van der Waals surface area contributed by atoms with Crippen LogP contribution in [0.2, 0.25) is 5.02 Å². The lowest BCUT2D eigenvalue weighted by molar-refractivity contribution is 0.0428. The van der Waals surface area contributed by atoms with E-state index < -0.39 is 50.8 Å². The lowest BCUT2D eigenvalue weighted by Gasteiger charge is -2.29. The number of anilines is 1. The Morgan fingerprint density at radius 3 is 2.08 bits per heavy atom. The third-order valence-electron chi connectivity index (χ3n) is 6.88. The van der Waals surface area contributed by atoms with Crippen LogP contribution in [0.5, 0.6) is 0 Å². The number of ether oxygens (including phenoxy) is 2. The Balaban J connectivity index is 1.91. The maximum absolute atomic E-state index is 13.7.